The van der Waals surface area contributed by atoms with Crippen molar-refractivity contribution in [3.63, 3.8) is 0 Å². The molecule has 0 bridgehead atoms. The van der Waals surface area contributed by atoms with E-state index >= 15 is 0 Å². The molecule has 2 heterocycles. The molecule has 3 aromatic rings. The summed E-state index contributed by atoms with van der Waals surface area (Å²) in [5.41, 5.74) is 2.55. The van der Waals surface area contributed by atoms with Crippen LogP contribution in [0.15, 0.2) is 28.8 Å². The third kappa shape index (κ3) is 3.88. The molecule has 0 saturated carbocycles. The number of nitrogens with zero attached hydrogens (tertiary/aromatic N) is 3. The van der Waals surface area contributed by atoms with E-state index in [-0.39, 0.29) is 18.9 Å². The van der Waals surface area contributed by atoms with Gasteiger partial charge in [0.25, 0.3) is 0 Å². The summed E-state index contributed by atoms with van der Waals surface area (Å²) in [6, 6.07) is 7.02. The molecule has 130 valence electrons. The highest BCUT2D eigenvalue weighted by molar-refractivity contribution is 6.32. The zero-order chi connectivity index (χ0) is 18.0. The number of hydrogen-bond donors (Lipinski definition) is 1. The summed E-state index contributed by atoms with van der Waals surface area (Å²) in [6.45, 7) is 3.71. The van der Waals surface area contributed by atoms with E-state index in [0.29, 0.717) is 33.1 Å². The number of carboxylic acids is 1. The molecular formula is C17H16ClN3O4. The number of aliphatic carboxylic acids is 1. The molecule has 0 spiro atoms. The second kappa shape index (κ2) is 7.06. The lowest BCUT2D eigenvalue weighted by Crippen LogP contribution is -2.07. The second-order valence-corrected chi connectivity index (χ2v) is 6.07. The van der Waals surface area contributed by atoms with Gasteiger partial charge in [-0.3, -0.25) is 4.79 Å². The van der Waals surface area contributed by atoms with Gasteiger partial charge in [-0.25, -0.2) is 0 Å². The molecule has 0 radical (unpaired) electrons. The first-order valence-electron chi connectivity index (χ1n) is 7.70. The van der Waals surface area contributed by atoms with Crippen LogP contribution in [0.2, 0.25) is 5.02 Å². The Balaban J connectivity index is 1.83. The number of rotatable bonds is 6. The van der Waals surface area contributed by atoms with Crippen molar-refractivity contribution in [1.29, 1.82) is 0 Å². The van der Waals surface area contributed by atoms with Gasteiger partial charge in [-0.1, -0.05) is 16.8 Å². The van der Waals surface area contributed by atoms with Crippen molar-refractivity contribution in [3.05, 3.63) is 46.4 Å². The Hall–Kier alpha value is -2.67. The van der Waals surface area contributed by atoms with Crippen LogP contribution in [0, 0.1) is 6.92 Å². The van der Waals surface area contributed by atoms with Gasteiger partial charge in [0.15, 0.2) is 5.58 Å². The molecule has 25 heavy (non-hydrogen) atoms. The molecule has 7 nitrogen and oxygen atoms in total. The number of carbonyl (C=O) groups is 1. The van der Waals surface area contributed by atoms with E-state index in [0.717, 1.165) is 5.69 Å². The van der Waals surface area contributed by atoms with Gasteiger partial charge in [-0.05, 0) is 32.0 Å². The molecule has 0 unspecified atom stereocenters. The first kappa shape index (κ1) is 17.2. The fourth-order valence-corrected chi connectivity index (χ4v) is 2.57. The van der Waals surface area contributed by atoms with E-state index in [1.165, 1.54) is 0 Å². The third-order valence-corrected chi connectivity index (χ3v) is 4.01. The van der Waals surface area contributed by atoms with Crippen molar-refractivity contribution in [2.45, 2.75) is 32.8 Å². The lowest BCUT2D eigenvalue weighted by molar-refractivity contribution is -0.136. The Kier molecular flexibility index (Phi) is 4.85. The molecule has 8 heteroatoms. The molecule has 1 aromatic carbocycles. The van der Waals surface area contributed by atoms with Crippen LogP contribution in [-0.2, 0) is 11.2 Å². The molecular weight excluding hydrogens is 346 g/mol. The van der Waals surface area contributed by atoms with Gasteiger partial charge < -0.3 is 14.4 Å². The zero-order valence-electron chi connectivity index (χ0n) is 13.7. The SMILES string of the molecule is Cc1ccc([C@@H](C)Oc2cc3onc(CCC(=O)O)c3cc2Cl)nn1. The minimum atomic E-state index is -0.893. The molecule has 2 aromatic heterocycles. The molecule has 0 aliphatic heterocycles. The summed E-state index contributed by atoms with van der Waals surface area (Å²) in [4.78, 5) is 10.7. The van der Waals surface area contributed by atoms with Gasteiger partial charge in [-0.2, -0.15) is 10.2 Å². The summed E-state index contributed by atoms with van der Waals surface area (Å²) in [7, 11) is 0. The zero-order valence-corrected chi connectivity index (χ0v) is 14.4. The monoisotopic (exact) mass is 361 g/mol. The highest BCUT2D eigenvalue weighted by Crippen LogP contribution is 2.34. The predicted octanol–water partition coefficient (Wildman–Crippen LogP) is 3.74. The summed E-state index contributed by atoms with van der Waals surface area (Å²) < 4.78 is 11.1. The summed E-state index contributed by atoms with van der Waals surface area (Å²) in [6.07, 6.45) is -0.105. The number of halogens is 1. The van der Waals surface area contributed by atoms with Crippen LogP contribution in [-0.4, -0.2) is 26.4 Å². The maximum Gasteiger partial charge on any atom is 0.303 e. The second-order valence-electron chi connectivity index (χ2n) is 5.66. The van der Waals surface area contributed by atoms with E-state index in [1.807, 2.05) is 26.0 Å². The summed E-state index contributed by atoms with van der Waals surface area (Å²) in [5.74, 6) is -0.458. The van der Waals surface area contributed by atoms with Crippen LogP contribution in [0.4, 0.5) is 0 Å². The van der Waals surface area contributed by atoms with Gasteiger partial charge in [-0.15, -0.1) is 0 Å². The Morgan fingerprint density at radius 3 is 2.84 bits per heavy atom. The number of aryl methyl sites for hydroxylation is 2. The first-order valence-corrected chi connectivity index (χ1v) is 8.08. The van der Waals surface area contributed by atoms with Crippen LogP contribution < -0.4 is 4.74 Å². The average Bonchev–Trinajstić information content (AvgIpc) is 2.95. The van der Waals surface area contributed by atoms with E-state index in [4.69, 9.17) is 26.0 Å². The van der Waals surface area contributed by atoms with Crippen LogP contribution in [0.5, 0.6) is 5.75 Å². The number of ether oxygens (including phenoxy) is 1. The van der Waals surface area contributed by atoms with E-state index < -0.39 is 5.97 Å². The quantitative estimate of drug-likeness (QED) is 0.714. The largest absolute Gasteiger partial charge is 0.483 e. The highest BCUT2D eigenvalue weighted by atomic mass is 35.5. The van der Waals surface area contributed by atoms with Crippen LogP contribution in [0.1, 0.15) is 36.5 Å². The molecule has 0 saturated heterocycles. The van der Waals surface area contributed by atoms with Gasteiger partial charge in [0.05, 0.1) is 22.8 Å². The van der Waals surface area contributed by atoms with Crippen molar-refractivity contribution < 1.29 is 19.2 Å². The number of benzene rings is 1. The Morgan fingerprint density at radius 2 is 2.16 bits per heavy atom. The van der Waals surface area contributed by atoms with Crippen LogP contribution in [0.25, 0.3) is 11.0 Å². The average molecular weight is 362 g/mol. The van der Waals surface area contributed by atoms with Crippen LogP contribution >= 0.6 is 11.6 Å². The fraction of sp³-hybridized carbons (Fsp3) is 0.294. The van der Waals surface area contributed by atoms with Crippen molar-refractivity contribution in [3.8, 4) is 5.75 Å². The maximum absolute atomic E-state index is 10.7. The number of fused-ring (bicyclic) bond motifs is 1. The topological polar surface area (TPSA) is 98.3 Å². The first-order chi connectivity index (χ1) is 11.9. The van der Waals surface area contributed by atoms with E-state index in [9.17, 15) is 4.79 Å². The maximum atomic E-state index is 10.7. The standard InChI is InChI=1S/C17H16ClN3O4/c1-9-3-4-13(20-19-9)10(2)24-16-8-15-11(7-12(16)18)14(21-25-15)5-6-17(22)23/h3-4,7-8,10H,5-6H2,1-2H3,(H,22,23)/t10-/m1/s1. The Morgan fingerprint density at radius 1 is 1.36 bits per heavy atom. The normalized spacial score (nSPS) is 12.3. The molecule has 0 fully saturated rings. The third-order valence-electron chi connectivity index (χ3n) is 3.71. The van der Waals surface area contributed by atoms with Gasteiger partial charge in [0.2, 0.25) is 0 Å². The lowest BCUT2D eigenvalue weighted by atomic mass is 10.1. The Labute approximate surface area is 148 Å². The fourth-order valence-electron chi connectivity index (χ4n) is 2.36. The minimum Gasteiger partial charge on any atom is -0.483 e. The molecule has 1 atom stereocenters. The highest BCUT2D eigenvalue weighted by Gasteiger charge is 2.17. The molecule has 0 aliphatic rings. The van der Waals surface area contributed by atoms with Gasteiger partial charge >= 0.3 is 5.97 Å². The van der Waals surface area contributed by atoms with Crippen molar-refractivity contribution >= 4 is 28.5 Å². The van der Waals surface area contributed by atoms with Gasteiger partial charge in [0, 0.05) is 17.9 Å². The number of carboxylic acid groups (broad SMARTS) is 1. The summed E-state index contributed by atoms with van der Waals surface area (Å²) >= 11 is 6.30. The molecule has 3 rings (SSSR count). The summed E-state index contributed by atoms with van der Waals surface area (Å²) in [5, 5.41) is 21.9. The van der Waals surface area contributed by atoms with Gasteiger partial charge in [0.1, 0.15) is 17.5 Å². The van der Waals surface area contributed by atoms with Crippen molar-refractivity contribution in [2.24, 2.45) is 0 Å². The molecule has 0 amide bonds. The molecule has 1 N–H and O–H groups in total. The van der Waals surface area contributed by atoms with E-state index in [2.05, 4.69) is 15.4 Å². The van der Waals surface area contributed by atoms with E-state index in [1.54, 1.807) is 12.1 Å². The smallest absolute Gasteiger partial charge is 0.303 e. The number of aromatic nitrogens is 3. The molecule has 0 aliphatic carbocycles. The minimum absolute atomic E-state index is 0.0272. The number of hydrogen-bond acceptors (Lipinski definition) is 6. The Bertz CT molecular complexity index is 908. The lowest BCUT2D eigenvalue weighted by Gasteiger charge is -2.14. The van der Waals surface area contributed by atoms with Crippen molar-refractivity contribution in [2.75, 3.05) is 0 Å². The predicted molar refractivity (Wildman–Crippen MR) is 90.8 cm³/mol. The van der Waals surface area contributed by atoms with Crippen molar-refractivity contribution in [1.82, 2.24) is 15.4 Å². The van der Waals surface area contributed by atoms with Crippen LogP contribution in [0.3, 0.4) is 0 Å².